The van der Waals surface area contributed by atoms with Gasteiger partial charge < -0.3 is 24.8 Å². The first kappa shape index (κ1) is 25.7. The highest BCUT2D eigenvalue weighted by Crippen LogP contribution is 2.16. The Kier molecular flexibility index (Phi) is 11.6. The zero-order valence-corrected chi connectivity index (χ0v) is 20.2. The Labute approximate surface area is 192 Å². The molecule has 8 nitrogen and oxygen atoms in total. The number of hydrogen-bond donors (Lipinski definition) is 2. The highest BCUT2D eigenvalue weighted by molar-refractivity contribution is 5.93. The van der Waals surface area contributed by atoms with Gasteiger partial charge in [0.2, 0.25) is 0 Å². The fourth-order valence-electron chi connectivity index (χ4n) is 3.10. The first-order valence-electron chi connectivity index (χ1n) is 11.4. The summed E-state index contributed by atoms with van der Waals surface area (Å²) in [5.41, 5.74) is 3.19. The Bertz CT molecular complexity index is 802. The van der Waals surface area contributed by atoms with Crippen LogP contribution in [0.25, 0.3) is 0 Å². The minimum absolute atomic E-state index is 0.154. The van der Waals surface area contributed by atoms with E-state index in [1.54, 1.807) is 7.11 Å². The third-order valence-corrected chi connectivity index (χ3v) is 4.58. The van der Waals surface area contributed by atoms with Gasteiger partial charge in [-0.25, -0.2) is 0 Å². The van der Waals surface area contributed by atoms with Gasteiger partial charge in [0.25, 0.3) is 0 Å². The molecular formula is C24H39N5O3. The summed E-state index contributed by atoms with van der Waals surface area (Å²) in [5, 5.41) is 11.3. The summed E-state index contributed by atoms with van der Waals surface area (Å²) >= 11 is 0. The predicted octanol–water partition coefficient (Wildman–Crippen LogP) is 3.79. The summed E-state index contributed by atoms with van der Waals surface area (Å²) in [6, 6.07) is 10.0. The van der Waals surface area contributed by atoms with Crippen molar-refractivity contribution in [2.45, 2.75) is 53.2 Å². The first-order valence-corrected chi connectivity index (χ1v) is 11.4. The van der Waals surface area contributed by atoms with Crippen LogP contribution in [-0.4, -0.2) is 61.9 Å². The normalized spacial score (nSPS) is 11.8. The van der Waals surface area contributed by atoms with Crippen LogP contribution < -0.4 is 15.4 Å². The number of hydrogen-bond acceptors (Lipinski definition) is 5. The molecule has 1 aromatic heterocycles. The monoisotopic (exact) mass is 445 g/mol. The lowest BCUT2D eigenvalue weighted by Crippen LogP contribution is -2.32. The number of guanidine groups is 1. The number of aromatic nitrogens is 2. The van der Waals surface area contributed by atoms with Crippen molar-refractivity contribution in [3.8, 4) is 5.75 Å². The van der Waals surface area contributed by atoms with Crippen LogP contribution in [0.1, 0.15) is 38.1 Å². The molecule has 178 valence electrons. The van der Waals surface area contributed by atoms with Crippen molar-refractivity contribution < 1.29 is 14.2 Å². The van der Waals surface area contributed by atoms with E-state index >= 15 is 0 Å². The number of nitrogens with zero attached hydrogens (tertiary/aromatic N) is 3. The molecule has 0 fully saturated rings. The van der Waals surface area contributed by atoms with Crippen LogP contribution in [0.15, 0.2) is 35.3 Å². The Morgan fingerprint density at radius 3 is 2.53 bits per heavy atom. The molecule has 0 saturated carbocycles. The molecule has 0 amide bonds. The molecule has 0 spiro atoms. The standard InChI is InChI=1S/C24H39N5O3/c1-19(2)32-23-10-8-22(9-11-23)27-24(26-13-7-15-31-17-16-30-5)25-12-6-14-29-21(4)18-20(3)28-29/h8-11,18-19H,6-7,12-17H2,1-5H3,(H2,25,26,27). The molecule has 1 heterocycles. The number of nitrogens with one attached hydrogen (secondary N) is 2. The van der Waals surface area contributed by atoms with E-state index in [9.17, 15) is 0 Å². The summed E-state index contributed by atoms with van der Waals surface area (Å²) in [6.07, 6.45) is 1.95. The SMILES string of the molecule is COCCOCCCNC(=NCCCn1nc(C)cc1C)Nc1ccc(OC(C)C)cc1. The predicted molar refractivity (Wildman–Crippen MR) is 130 cm³/mol. The van der Waals surface area contributed by atoms with Crippen molar-refractivity contribution in [3.05, 3.63) is 41.7 Å². The topological polar surface area (TPSA) is 81.9 Å². The zero-order chi connectivity index (χ0) is 23.2. The first-order chi connectivity index (χ1) is 15.5. The summed E-state index contributed by atoms with van der Waals surface area (Å²) < 4.78 is 18.3. The number of anilines is 1. The van der Waals surface area contributed by atoms with Crippen molar-refractivity contribution >= 4 is 11.6 Å². The van der Waals surface area contributed by atoms with Crippen LogP contribution >= 0.6 is 0 Å². The van der Waals surface area contributed by atoms with Crippen molar-refractivity contribution in [2.75, 3.05) is 45.3 Å². The number of ether oxygens (including phenoxy) is 3. The van der Waals surface area contributed by atoms with E-state index in [0.29, 0.717) is 26.4 Å². The summed E-state index contributed by atoms with van der Waals surface area (Å²) in [4.78, 5) is 4.75. The summed E-state index contributed by atoms with van der Waals surface area (Å²) in [5.74, 6) is 1.61. The molecule has 0 aliphatic rings. The Morgan fingerprint density at radius 1 is 1.09 bits per heavy atom. The van der Waals surface area contributed by atoms with Crippen LogP contribution in [0.2, 0.25) is 0 Å². The molecule has 2 rings (SSSR count). The molecule has 0 radical (unpaired) electrons. The molecule has 1 aromatic carbocycles. The van der Waals surface area contributed by atoms with Gasteiger partial charge in [0, 0.05) is 44.7 Å². The fraction of sp³-hybridized carbons (Fsp3) is 0.583. The average molecular weight is 446 g/mol. The van der Waals surface area contributed by atoms with E-state index in [4.69, 9.17) is 19.2 Å². The Balaban J connectivity index is 1.87. The maximum Gasteiger partial charge on any atom is 0.195 e. The lowest BCUT2D eigenvalue weighted by molar-refractivity contribution is 0.0699. The van der Waals surface area contributed by atoms with Gasteiger partial charge in [-0.1, -0.05) is 0 Å². The third kappa shape index (κ3) is 10.2. The van der Waals surface area contributed by atoms with E-state index in [-0.39, 0.29) is 6.10 Å². The van der Waals surface area contributed by atoms with Gasteiger partial charge in [-0.05, 0) is 70.9 Å². The van der Waals surface area contributed by atoms with Crippen LogP contribution in [0.4, 0.5) is 5.69 Å². The lowest BCUT2D eigenvalue weighted by atomic mass is 10.3. The molecule has 8 heteroatoms. The average Bonchev–Trinajstić information content (AvgIpc) is 3.08. The smallest absolute Gasteiger partial charge is 0.195 e. The molecule has 2 aromatic rings. The summed E-state index contributed by atoms with van der Waals surface area (Å²) in [6.45, 7) is 12.4. The molecule has 0 bridgehead atoms. The molecular weight excluding hydrogens is 406 g/mol. The number of rotatable bonds is 14. The molecule has 0 aliphatic carbocycles. The van der Waals surface area contributed by atoms with Gasteiger partial charge in [-0.3, -0.25) is 9.67 Å². The Hall–Kier alpha value is -2.58. The second-order valence-corrected chi connectivity index (χ2v) is 7.94. The highest BCUT2D eigenvalue weighted by atomic mass is 16.5. The van der Waals surface area contributed by atoms with Crippen LogP contribution in [0.5, 0.6) is 5.75 Å². The highest BCUT2D eigenvalue weighted by Gasteiger charge is 2.04. The maximum atomic E-state index is 5.72. The van der Waals surface area contributed by atoms with Crippen LogP contribution in [0.3, 0.4) is 0 Å². The molecule has 0 saturated heterocycles. The van der Waals surface area contributed by atoms with Gasteiger partial charge in [0.15, 0.2) is 5.96 Å². The molecule has 32 heavy (non-hydrogen) atoms. The van der Waals surface area contributed by atoms with E-state index in [1.165, 1.54) is 5.69 Å². The molecule has 0 atom stereocenters. The third-order valence-electron chi connectivity index (χ3n) is 4.58. The van der Waals surface area contributed by atoms with Gasteiger partial charge in [-0.2, -0.15) is 5.10 Å². The van der Waals surface area contributed by atoms with Crippen LogP contribution in [-0.2, 0) is 16.0 Å². The van der Waals surface area contributed by atoms with E-state index in [1.807, 2.05) is 49.7 Å². The maximum absolute atomic E-state index is 5.72. The lowest BCUT2D eigenvalue weighted by Gasteiger charge is -2.14. The van der Waals surface area contributed by atoms with Crippen molar-refractivity contribution in [2.24, 2.45) is 4.99 Å². The van der Waals surface area contributed by atoms with Crippen molar-refractivity contribution in [1.82, 2.24) is 15.1 Å². The largest absolute Gasteiger partial charge is 0.491 e. The number of aryl methyl sites for hydroxylation is 3. The van der Waals surface area contributed by atoms with Crippen molar-refractivity contribution in [3.63, 3.8) is 0 Å². The number of benzene rings is 1. The zero-order valence-electron chi connectivity index (χ0n) is 20.2. The number of methoxy groups -OCH3 is 1. The second-order valence-electron chi connectivity index (χ2n) is 7.94. The van der Waals surface area contributed by atoms with Crippen molar-refractivity contribution in [1.29, 1.82) is 0 Å². The molecule has 0 unspecified atom stereocenters. The second kappa shape index (κ2) is 14.5. The van der Waals surface area contributed by atoms with Crippen LogP contribution in [0, 0.1) is 13.8 Å². The molecule has 0 aliphatic heterocycles. The quantitative estimate of drug-likeness (QED) is 0.262. The minimum Gasteiger partial charge on any atom is -0.491 e. The van der Waals surface area contributed by atoms with E-state index in [2.05, 4.69) is 28.7 Å². The van der Waals surface area contributed by atoms with E-state index < -0.39 is 0 Å². The van der Waals surface area contributed by atoms with Gasteiger partial charge in [-0.15, -0.1) is 0 Å². The van der Waals surface area contributed by atoms with Gasteiger partial charge in [0.1, 0.15) is 5.75 Å². The van der Waals surface area contributed by atoms with Gasteiger partial charge in [0.05, 0.1) is 25.0 Å². The minimum atomic E-state index is 0.154. The van der Waals surface area contributed by atoms with E-state index in [0.717, 1.165) is 49.0 Å². The Morgan fingerprint density at radius 2 is 1.88 bits per heavy atom. The molecule has 2 N–H and O–H groups in total. The fourth-order valence-corrected chi connectivity index (χ4v) is 3.10. The summed E-state index contributed by atoms with van der Waals surface area (Å²) in [7, 11) is 1.68. The van der Waals surface area contributed by atoms with Gasteiger partial charge >= 0.3 is 0 Å². The number of aliphatic imine (C=N–C) groups is 1.